The zero-order chi connectivity index (χ0) is 20.1. The van der Waals surface area contributed by atoms with E-state index in [1.807, 2.05) is 42.5 Å². The van der Waals surface area contributed by atoms with Crippen molar-refractivity contribution in [3.05, 3.63) is 78.0 Å². The summed E-state index contributed by atoms with van der Waals surface area (Å²) < 4.78 is 16.4. The van der Waals surface area contributed by atoms with E-state index in [-0.39, 0.29) is 6.61 Å². The molecule has 0 atom stereocenters. The Bertz CT molecular complexity index is 1120. The first-order chi connectivity index (χ1) is 14.2. The van der Waals surface area contributed by atoms with Gasteiger partial charge in [0.05, 0.1) is 37.1 Å². The molecule has 7 nitrogen and oxygen atoms in total. The lowest BCUT2D eigenvalue weighted by Crippen LogP contribution is -2.03. The molecule has 0 bridgehead atoms. The van der Waals surface area contributed by atoms with Crippen LogP contribution in [0.15, 0.2) is 61.1 Å². The molecule has 4 aromatic rings. The molecule has 4 heterocycles. The average molecular weight is 388 g/mol. The van der Waals surface area contributed by atoms with Gasteiger partial charge in [0.1, 0.15) is 12.4 Å². The summed E-state index contributed by atoms with van der Waals surface area (Å²) in [6, 6.07) is 13.4. The molecule has 0 aliphatic heterocycles. The second kappa shape index (κ2) is 8.52. The molecule has 4 rings (SSSR count). The van der Waals surface area contributed by atoms with E-state index < -0.39 is 0 Å². The minimum atomic E-state index is 0.284. The Hall–Kier alpha value is -3.74. The summed E-state index contributed by atoms with van der Waals surface area (Å²) in [5.41, 5.74) is 4.44. The van der Waals surface area contributed by atoms with Crippen molar-refractivity contribution in [2.75, 3.05) is 14.2 Å². The van der Waals surface area contributed by atoms with Crippen molar-refractivity contribution in [1.82, 2.24) is 19.9 Å². The zero-order valence-electron chi connectivity index (χ0n) is 16.2. The maximum atomic E-state index is 5.79. The van der Waals surface area contributed by atoms with Crippen molar-refractivity contribution < 1.29 is 14.2 Å². The Morgan fingerprint density at radius 1 is 0.828 bits per heavy atom. The fourth-order valence-electron chi connectivity index (χ4n) is 2.89. The first-order valence-corrected chi connectivity index (χ1v) is 9.10. The normalized spacial score (nSPS) is 10.7. The zero-order valence-corrected chi connectivity index (χ0v) is 16.2. The van der Waals surface area contributed by atoms with Crippen molar-refractivity contribution in [1.29, 1.82) is 0 Å². The molecule has 0 unspecified atom stereocenters. The van der Waals surface area contributed by atoms with Gasteiger partial charge in [0.25, 0.3) is 5.88 Å². The van der Waals surface area contributed by atoms with Gasteiger partial charge in [0.15, 0.2) is 5.75 Å². The van der Waals surface area contributed by atoms with Gasteiger partial charge < -0.3 is 14.2 Å². The first kappa shape index (κ1) is 18.6. The van der Waals surface area contributed by atoms with Gasteiger partial charge in [0.2, 0.25) is 0 Å². The summed E-state index contributed by atoms with van der Waals surface area (Å²) in [6.07, 6.45) is 5.82. The topological polar surface area (TPSA) is 79.2 Å². The highest BCUT2D eigenvalue weighted by Crippen LogP contribution is 2.27. The lowest BCUT2D eigenvalue weighted by molar-refractivity contribution is 0.268. The molecular weight excluding hydrogens is 368 g/mol. The highest BCUT2D eigenvalue weighted by molar-refractivity contribution is 5.73. The predicted octanol–water partition coefficient (Wildman–Crippen LogP) is 3.61. The number of aromatic nitrogens is 4. The van der Waals surface area contributed by atoms with E-state index in [0.717, 1.165) is 28.0 Å². The molecule has 0 saturated heterocycles. The SMILES string of the molecule is COc1ccc(COc2ncc(Cc3ccc4ncccc4n3)cc2OC)nc1. The Morgan fingerprint density at radius 2 is 1.72 bits per heavy atom. The fourth-order valence-corrected chi connectivity index (χ4v) is 2.89. The highest BCUT2D eigenvalue weighted by atomic mass is 16.5. The van der Waals surface area contributed by atoms with Crippen LogP contribution < -0.4 is 14.2 Å². The molecule has 0 aliphatic rings. The van der Waals surface area contributed by atoms with Crippen LogP contribution in [0.1, 0.15) is 17.0 Å². The Balaban J connectivity index is 1.47. The van der Waals surface area contributed by atoms with Crippen molar-refractivity contribution in [3.8, 4) is 17.4 Å². The molecule has 0 saturated carbocycles. The van der Waals surface area contributed by atoms with Crippen LogP contribution in [0.2, 0.25) is 0 Å². The lowest BCUT2D eigenvalue weighted by Gasteiger charge is -2.11. The van der Waals surface area contributed by atoms with E-state index in [4.69, 9.17) is 14.2 Å². The largest absolute Gasteiger partial charge is 0.495 e. The van der Waals surface area contributed by atoms with Gasteiger partial charge in [-0.05, 0) is 48.0 Å². The fraction of sp³-hybridized carbons (Fsp3) is 0.182. The van der Waals surface area contributed by atoms with Gasteiger partial charge in [-0.25, -0.2) is 4.98 Å². The van der Waals surface area contributed by atoms with Crippen LogP contribution in [0.4, 0.5) is 0 Å². The summed E-state index contributed by atoms with van der Waals surface area (Å²) in [5, 5.41) is 0. The van der Waals surface area contributed by atoms with Crippen LogP contribution in [-0.4, -0.2) is 34.2 Å². The van der Waals surface area contributed by atoms with E-state index in [2.05, 4.69) is 19.9 Å². The second-order valence-corrected chi connectivity index (χ2v) is 6.35. The summed E-state index contributed by atoms with van der Waals surface area (Å²) in [5.74, 6) is 1.69. The van der Waals surface area contributed by atoms with Gasteiger partial charge in [-0.2, -0.15) is 0 Å². The molecule has 0 spiro atoms. The first-order valence-electron chi connectivity index (χ1n) is 9.10. The van der Waals surface area contributed by atoms with Crippen molar-refractivity contribution >= 4 is 11.0 Å². The minimum Gasteiger partial charge on any atom is -0.495 e. The number of pyridine rings is 4. The van der Waals surface area contributed by atoms with Crippen LogP contribution in [0.3, 0.4) is 0 Å². The number of hydrogen-bond acceptors (Lipinski definition) is 7. The molecule has 4 aromatic heterocycles. The minimum absolute atomic E-state index is 0.284. The summed E-state index contributed by atoms with van der Waals surface area (Å²) in [7, 11) is 3.20. The predicted molar refractivity (Wildman–Crippen MR) is 108 cm³/mol. The molecule has 29 heavy (non-hydrogen) atoms. The Kier molecular flexibility index (Phi) is 5.47. The third kappa shape index (κ3) is 4.40. The Morgan fingerprint density at radius 3 is 2.52 bits per heavy atom. The summed E-state index contributed by atoms with van der Waals surface area (Å²) in [6.45, 7) is 0.284. The van der Waals surface area contributed by atoms with Gasteiger partial charge in [0, 0.05) is 24.5 Å². The van der Waals surface area contributed by atoms with E-state index in [9.17, 15) is 0 Å². The third-order valence-electron chi connectivity index (χ3n) is 4.38. The highest BCUT2D eigenvalue weighted by Gasteiger charge is 2.10. The van der Waals surface area contributed by atoms with Crippen molar-refractivity contribution in [2.24, 2.45) is 0 Å². The molecule has 0 radical (unpaired) electrons. The maximum Gasteiger partial charge on any atom is 0.257 e. The van der Waals surface area contributed by atoms with E-state index in [1.165, 1.54) is 0 Å². The van der Waals surface area contributed by atoms with E-state index >= 15 is 0 Å². The maximum absolute atomic E-state index is 5.79. The van der Waals surface area contributed by atoms with Crippen LogP contribution in [0, 0.1) is 0 Å². The van der Waals surface area contributed by atoms with E-state index in [0.29, 0.717) is 23.8 Å². The smallest absolute Gasteiger partial charge is 0.257 e. The third-order valence-corrected chi connectivity index (χ3v) is 4.38. The quantitative estimate of drug-likeness (QED) is 0.478. The van der Waals surface area contributed by atoms with Crippen LogP contribution >= 0.6 is 0 Å². The molecule has 0 fully saturated rings. The molecule has 0 aromatic carbocycles. The number of fused-ring (bicyclic) bond motifs is 1. The van der Waals surface area contributed by atoms with E-state index in [1.54, 1.807) is 32.8 Å². The average Bonchev–Trinajstić information content (AvgIpc) is 2.78. The number of methoxy groups -OCH3 is 2. The molecule has 0 amide bonds. The second-order valence-electron chi connectivity index (χ2n) is 6.35. The van der Waals surface area contributed by atoms with Gasteiger partial charge in [-0.3, -0.25) is 15.0 Å². The van der Waals surface area contributed by atoms with Crippen LogP contribution in [-0.2, 0) is 13.0 Å². The van der Waals surface area contributed by atoms with Crippen molar-refractivity contribution in [2.45, 2.75) is 13.0 Å². The van der Waals surface area contributed by atoms with Gasteiger partial charge in [-0.1, -0.05) is 0 Å². The van der Waals surface area contributed by atoms with Crippen LogP contribution in [0.5, 0.6) is 17.4 Å². The monoisotopic (exact) mass is 388 g/mol. The summed E-state index contributed by atoms with van der Waals surface area (Å²) in [4.78, 5) is 17.7. The number of nitrogens with zero attached hydrogens (tertiary/aromatic N) is 4. The van der Waals surface area contributed by atoms with Gasteiger partial charge in [-0.15, -0.1) is 0 Å². The van der Waals surface area contributed by atoms with Gasteiger partial charge >= 0.3 is 0 Å². The van der Waals surface area contributed by atoms with Crippen molar-refractivity contribution in [3.63, 3.8) is 0 Å². The summed E-state index contributed by atoms with van der Waals surface area (Å²) >= 11 is 0. The molecular formula is C22H20N4O3. The number of hydrogen-bond donors (Lipinski definition) is 0. The number of ether oxygens (including phenoxy) is 3. The molecule has 0 N–H and O–H groups in total. The number of rotatable bonds is 7. The Labute approximate surface area is 168 Å². The molecule has 7 heteroatoms. The standard InChI is InChI=1S/C22H20N4O3/c1-27-18-7-5-17(24-13-18)14-29-22-21(28-2)11-15(12-25-22)10-16-6-8-19-20(26-16)4-3-9-23-19/h3-9,11-13H,10,14H2,1-2H3. The molecule has 0 aliphatic carbocycles. The van der Waals surface area contributed by atoms with Crippen LogP contribution in [0.25, 0.3) is 11.0 Å². The lowest BCUT2D eigenvalue weighted by atomic mass is 10.1. The molecule has 146 valence electrons.